The fourth-order valence-electron chi connectivity index (χ4n) is 6.61. The predicted molar refractivity (Wildman–Crippen MR) is 192 cm³/mol. The summed E-state index contributed by atoms with van der Waals surface area (Å²) in [5.41, 5.74) is 3.67. The lowest BCUT2D eigenvalue weighted by Crippen LogP contribution is -2.53. The zero-order valence-corrected chi connectivity index (χ0v) is 29.3. The zero-order chi connectivity index (χ0) is 34.7. The fraction of sp³-hybridized carbons (Fsp3) is 0.400. The normalized spacial score (nSPS) is 16.4. The number of ether oxygens (including phenoxy) is 1. The molecule has 4 heterocycles. The lowest BCUT2D eigenvalue weighted by molar-refractivity contribution is 0.0518. The van der Waals surface area contributed by atoms with E-state index in [4.69, 9.17) is 4.74 Å². The van der Waals surface area contributed by atoms with Crippen LogP contribution in [0.5, 0.6) is 5.75 Å². The van der Waals surface area contributed by atoms with Crippen molar-refractivity contribution in [2.45, 2.75) is 37.1 Å². The second-order valence-corrected chi connectivity index (χ2v) is 14.5. The molecule has 49 heavy (non-hydrogen) atoms. The number of hydrogen-bond acceptors (Lipinski definition) is 12. The molecule has 2 fully saturated rings. The second kappa shape index (κ2) is 14.4. The number of benzene rings is 2. The maximum Gasteiger partial charge on any atom is 0.254 e. The monoisotopic (exact) mass is 685 g/mol. The van der Waals surface area contributed by atoms with Crippen LogP contribution in [0, 0.1) is 0 Å². The number of piperazine rings is 1. The molecule has 0 unspecified atom stereocenters. The third-order valence-electron chi connectivity index (χ3n) is 9.34. The number of rotatable bonds is 10. The molecule has 0 aliphatic carbocycles. The van der Waals surface area contributed by atoms with E-state index in [1.165, 1.54) is 12.4 Å². The van der Waals surface area contributed by atoms with Crippen molar-refractivity contribution in [1.82, 2.24) is 34.6 Å². The molecule has 2 aromatic heterocycles. The van der Waals surface area contributed by atoms with Gasteiger partial charge < -0.3 is 25.2 Å². The highest BCUT2D eigenvalue weighted by molar-refractivity contribution is 7.91. The van der Waals surface area contributed by atoms with E-state index in [9.17, 15) is 13.2 Å². The summed E-state index contributed by atoms with van der Waals surface area (Å²) >= 11 is 0. The lowest BCUT2D eigenvalue weighted by atomic mass is 9.98. The van der Waals surface area contributed by atoms with Crippen LogP contribution in [0.1, 0.15) is 41.3 Å². The van der Waals surface area contributed by atoms with Gasteiger partial charge in [0, 0.05) is 81.3 Å². The van der Waals surface area contributed by atoms with Crippen molar-refractivity contribution in [3.63, 3.8) is 0 Å². The van der Waals surface area contributed by atoms with Gasteiger partial charge in [-0.1, -0.05) is 19.6 Å². The van der Waals surface area contributed by atoms with Gasteiger partial charge in [0.25, 0.3) is 5.91 Å². The molecule has 2 saturated heterocycles. The Morgan fingerprint density at radius 3 is 2.43 bits per heavy atom. The predicted octanol–water partition coefficient (Wildman–Crippen LogP) is 4.38. The third-order valence-corrected chi connectivity index (χ3v) is 10.5. The Kier molecular flexibility index (Phi) is 10.1. The highest BCUT2D eigenvalue weighted by Crippen LogP contribution is 2.34. The molecular formula is C35H43N9O4S. The molecule has 2 aliphatic heterocycles. The largest absolute Gasteiger partial charge is 0.495 e. The van der Waals surface area contributed by atoms with Crippen molar-refractivity contribution < 1.29 is 17.9 Å². The molecule has 1 amide bonds. The topological polar surface area (TPSA) is 146 Å². The van der Waals surface area contributed by atoms with Gasteiger partial charge in [-0.15, -0.1) is 0 Å². The van der Waals surface area contributed by atoms with Gasteiger partial charge in [-0.25, -0.2) is 13.4 Å². The fourth-order valence-corrected chi connectivity index (χ4v) is 7.64. The molecular weight excluding hydrogens is 643 g/mol. The van der Waals surface area contributed by atoms with Crippen molar-refractivity contribution in [3.8, 4) is 5.75 Å². The molecule has 4 aromatic rings. The van der Waals surface area contributed by atoms with E-state index in [0.717, 1.165) is 63.9 Å². The second-order valence-electron chi connectivity index (χ2n) is 12.5. The van der Waals surface area contributed by atoms with Crippen LogP contribution in [-0.2, 0) is 16.3 Å². The smallest absolute Gasteiger partial charge is 0.254 e. The van der Waals surface area contributed by atoms with Gasteiger partial charge in [0.15, 0.2) is 9.84 Å². The number of anilines is 4. The van der Waals surface area contributed by atoms with Crippen molar-refractivity contribution in [2.24, 2.45) is 0 Å². The van der Waals surface area contributed by atoms with E-state index >= 15 is 0 Å². The minimum atomic E-state index is -3.71. The van der Waals surface area contributed by atoms with Crippen LogP contribution in [0.3, 0.4) is 0 Å². The Morgan fingerprint density at radius 2 is 1.76 bits per heavy atom. The number of aromatic nitrogens is 4. The van der Waals surface area contributed by atoms with Crippen molar-refractivity contribution in [1.29, 1.82) is 0 Å². The summed E-state index contributed by atoms with van der Waals surface area (Å²) in [5, 5.41) is 6.40. The van der Waals surface area contributed by atoms with E-state index in [2.05, 4.69) is 54.0 Å². The number of piperidine rings is 1. The van der Waals surface area contributed by atoms with Gasteiger partial charge in [-0.2, -0.15) is 4.98 Å². The third kappa shape index (κ3) is 7.36. The van der Waals surface area contributed by atoms with Crippen molar-refractivity contribution >= 4 is 56.0 Å². The van der Waals surface area contributed by atoms with E-state index in [1.807, 2.05) is 17.9 Å². The Hall–Kier alpha value is -4.66. The SMILES string of the molecule is C=Cc1cnc(Nc2cc(CC)c(C(=O)N3CCC(N4CCN(C)CC4)CC3)cc2OC)nc1Nc1ccc2nccnc2c1S(C)(=O)=O. The molecule has 2 aliphatic rings. The summed E-state index contributed by atoms with van der Waals surface area (Å²) in [6.45, 7) is 11.7. The number of likely N-dealkylation sites (N-methyl/N-ethyl adjacent to an activating group) is 1. The van der Waals surface area contributed by atoms with Crippen molar-refractivity contribution in [2.75, 3.05) is 70.3 Å². The molecule has 14 heteroatoms. The van der Waals surface area contributed by atoms with E-state index in [1.54, 1.807) is 37.6 Å². The van der Waals surface area contributed by atoms with Crippen LogP contribution in [0.15, 0.2) is 54.3 Å². The Bertz CT molecular complexity index is 1970. The molecule has 0 saturated carbocycles. The molecule has 2 N–H and O–H groups in total. The summed E-state index contributed by atoms with van der Waals surface area (Å²) in [4.78, 5) is 38.4. The summed E-state index contributed by atoms with van der Waals surface area (Å²) in [6.07, 6.45) is 9.85. The zero-order valence-electron chi connectivity index (χ0n) is 28.4. The van der Waals surface area contributed by atoms with E-state index in [0.29, 0.717) is 52.0 Å². The number of carbonyl (C=O) groups excluding carboxylic acids is 1. The minimum absolute atomic E-state index is 0.0124. The minimum Gasteiger partial charge on any atom is -0.495 e. The average Bonchev–Trinajstić information content (AvgIpc) is 3.11. The summed E-state index contributed by atoms with van der Waals surface area (Å²) in [5.74, 6) is 1.06. The molecule has 2 aromatic carbocycles. The van der Waals surface area contributed by atoms with Crippen LogP contribution in [-0.4, -0.2) is 115 Å². The quantitative estimate of drug-likeness (QED) is 0.244. The first kappa shape index (κ1) is 34.2. The first-order valence-corrected chi connectivity index (χ1v) is 18.4. The number of carbonyl (C=O) groups is 1. The van der Waals surface area contributed by atoms with Crippen molar-refractivity contribution in [3.05, 3.63) is 66.1 Å². The Morgan fingerprint density at radius 1 is 1.02 bits per heavy atom. The van der Waals surface area contributed by atoms with Crippen LogP contribution >= 0.6 is 0 Å². The maximum atomic E-state index is 13.8. The van der Waals surface area contributed by atoms with Crippen LogP contribution in [0.25, 0.3) is 17.1 Å². The number of nitrogens with one attached hydrogen (secondary N) is 2. The summed E-state index contributed by atoms with van der Waals surface area (Å²) in [7, 11) is 0.0231. The van der Waals surface area contributed by atoms with Crippen LogP contribution in [0.4, 0.5) is 23.1 Å². The molecule has 0 atom stereocenters. The van der Waals surface area contributed by atoms with Gasteiger partial charge in [0.2, 0.25) is 5.95 Å². The van der Waals surface area contributed by atoms with Gasteiger partial charge in [0.05, 0.1) is 24.0 Å². The number of amides is 1. The summed E-state index contributed by atoms with van der Waals surface area (Å²) in [6, 6.07) is 7.55. The number of nitrogens with zero attached hydrogens (tertiary/aromatic N) is 7. The maximum absolute atomic E-state index is 13.8. The van der Waals surface area contributed by atoms with E-state index < -0.39 is 9.84 Å². The van der Waals surface area contributed by atoms with Gasteiger partial charge in [-0.3, -0.25) is 19.7 Å². The highest BCUT2D eigenvalue weighted by Gasteiger charge is 2.30. The number of methoxy groups -OCH3 is 1. The van der Waals surface area contributed by atoms with Crippen LogP contribution in [0.2, 0.25) is 0 Å². The Balaban J connectivity index is 1.24. The number of hydrogen-bond donors (Lipinski definition) is 2. The van der Waals surface area contributed by atoms with Crippen LogP contribution < -0.4 is 15.4 Å². The molecule has 6 rings (SSSR count). The molecule has 0 bridgehead atoms. The van der Waals surface area contributed by atoms with Gasteiger partial charge in [-0.05, 0) is 56.1 Å². The van der Waals surface area contributed by atoms with E-state index in [-0.39, 0.29) is 22.3 Å². The highest BCUT2D eigenvalue weighted by atomic mass is 32.2. The average molecular weight is 686 g/mol. The number of sulfone groups is 1. The summed E-state index contributed by atoms with van der Waals surface area (Å²) < 4.78 is 31.6. The molecule has 258 valence electrons. The molecule has 0 radical (unpaired) electrons. The number of fused-ring (bicyclic) bond motifs is 1. The molecule has 0 spiro atoms. The molecule has 13 nitrogen and oxygen atoms in total. The lowest BCUT2D eigenvalue weighted by Gasteiger charge is -2.42. The Labute approximate surface area is 287 Å². The standard InChI is InChI=1S/C35H43N9O4S/c1-6-23-20-29(30(48-4)21-26(23)34(45)44-14-10-25(11-15-44)43-18-16-42(3)17-19-43)40-35-38-22-24(7-2)33(41-35)39-28-9-8-27-31(37-13-12-36-27)32(28)49(5,46)47/h7-9,12-13,20-22,25H,2,6,10-11,14-19H2,1,3-5H3,(H2,38,39,40,41). The first-order chi connectivity index (χ1) is 23.6. The van der Waals surface area contributed by atoms with Gasteiger partial charge >= 0.3 is 0 Å². The number of likely N-dealkylation sites (tertiary alicyclic amines) is 1. The first-order valence-electron chi connectivity index (χ1n) is 16.5. The van der Waals surface area contributed by atoms with Gasteiger partial charge in [0.1, 0.15) is 22.0 Å². The number of aryl methyl sites for hydroxylation is 1.